The SMILES string of the molecule is O=C(Nc1ccc(COP(O)O)cc1)c1ccc(Oc2ccccc2)cc1.P. The first-order chi connectivity index (χ1) is 13.1. The van der Waals surface area contributed by atoms with E-state index >= 15 is 0 Å². The van der Waals surface area contributed by atoms with Crippen LogP contribution < -0.4 is 10.1 Å². The van der Waals surface area contributed by atoms with Gasteiger partial charge in [0.05, 0.1) is 6.61 Å². The number of carbonyl (C=O) groups excluding carboxylic acids is 1. The van der Waals surface area contributed by atoms with Gasteiger partial charge in [0.2, 0.25) is 0 Å². The smallest absolute Gasteiger partial charge is 0.327 e. The number of nitrogens with one attached hydrogen (secondary N) is 1. The van der Waals surface area contributed by atoms with Crippen LogP contribution in [0.5, 0.6) is 11.5 Å². The molecule has 3 rings (SSSR count). The lowest BCUT2D eigenvalue weighted by Gasteiger charge is -2.09. The minimum Gasteiger partial charge on any atom is -0.457 e. The number of benzene rings is 3. The number of hydrogen-bond donors (Lipinski definition) is 3. The number of ether oxygens (including phenoxy) is 1. The van der Waals surface area contributed by atoms with Gasteiger partial charge in [0.1, 0.15) is 11.5 Å². The zero-order chi connectivity index (χ0) is 19.1. The van der Waals surface area contributed by atoms with E-state index in [0.717, 1.165) is 11.3 Å². The normalized spacial score (nSPS) is 10.2. The third kappa shape index (κ3) is 6.68. The standard InChI is InChI=1S/C20H18NO5P.H3P/c22-20(21-17-10-6-15(7-11-17)14-25-27(23)24)16-8-12-19(13-9-16)26-18-4-2-1-3-5-18;/h1-13,23-24H,14H2,(H,21,22);1H3. The minimum absolute atomic E-state index is 0. The lowest BCUT2D eigenvalue weighted by atomic mass is 10.2. The van der Waals surface area contributed by atoms with Crippen molar-refractivity contribution in [2.24, 2.45) is 0 Å². The Labute approximate surface area is 167 Å². The molecule has 1 unspecified atom stereocenters. The monoisotopic (exact) mass is 417 g/mol. The Morgan fingerprint density at radius 1 is 0.857 bits per heavy atom. The minimum atomic E-state index is -2.38. The molecule has 8 heteroatoms. The van der Waals surface area contributed by atoms with Gasteiger partial charge in [-0.15, -0.1) is 0 Å². The maximum absolute atomic E-state index is 12.3. The Balaban J connectivity index is 0.00000280. The van der Waals surface area contributed by atoms with Gasteiger partial charge in [0, 0.05) is 11.3 Å². The van der Waals surface area contributed by atoms with Gasteiger partial charge in [-0.2, -0.15) is 9.90 Å². The molecule has 0 fully saturated rings. The third-order valence-electron chi connectivity index (χ3n) is 3.65. The van der Waals surface area contributed by atoms with Gasteiger partial charge in [0.15, 0.2) is 0 Å². The van der Waals surface area contributed by atoms with Gasteiger partial charge in [-0.05, 0) is 54.1 Å². The molecule has 3 N–H and O–H groups in total. The number of para-hydroxylation sites is 1. The first kappa shape index (κ1) is 22.0. The molecular formula is C20H21NO5P2. The molecule has 0 saturated heterocycles. The zero-order valence-electron chi connectivity index (χ0n) is 15.0. The van der Waals surface area contributed by atoms with Crippen molar-refractivity contribution in [3.63, 3.8) is 0 Å². The van der Waals surface area contributed by atoms with Crippen molar-refractivity contribution in [2.75, 3.05) is 5.32 Å². The lowest BCUT2D eigenvalue weighted by Crippen LogP contribution is -2.11. The van der Waals surface area contributed by atoms with Gasteiger partial charge in [-0.3, -0.25) is 4.79 Å². The van der Waals surface area contributed by atoms with E-state index in [0.29, 0.717) is 17.0 Å². The molecule has 3 aromatic carbocycles. The highest BCUT2D eigenvalue weighted by Gasteiger charge is 2.07. The predicted octanol–water partition coefficient (Wildman–Crippen LogP) is 4.52. The van der Waals surface area contributed by atoms with Crippen LogP contribution in [0.2, 0.25) is 0 Å². The molecule has 0 spiro atoms. The van der Waals surface area contributed by atoms with Crippen molar-refractivity contribution >= 4 is 30.1 Å². The Hall–Kier alpha value is -2.33. The quantitative estimate of drug-likeness (QED) is 0.492. The average Bonchev–Trinajstić information content (AvgIpc) is 2.69. The van der Waals surface area contributed by atoms with Crippen LogP contribution in [-0.4, -0.2) is 15.7 Å². The highest BCUT2D eigenvalue weighted by molar-refractivity contribution is 7.39. The largest absolute Gasteiger partial charge is 0.457 e. The third-order valence-corrected chi connectivity index (χ3v) is 4.01. The van der Waals surface area contributed by atoms with E-state index in [1.807, 2.05) is 30.3 Å². The van der Waals surface area contributed by atoms with Crippen molar-refractivity contribution in [3.05, 3.63) is 90.0 Å². The summed E-state index contributed by atoms with van der Waals surface area (Å²) in [6.07, 6.45) is 0. The molecule has 0 bridgehead atoms. The molecule has 6 nitrogen and oxygen atoms in total. The molecule has 0 aliphatic carbocycles. The second-order valence-corrected chi connectivity index (χ2v) is 6.38. The topological polar surface area (TPSA) is 88.0 Å². The number of rotatable bonds is 7. The van der Waals surface area contributed by atoms with Crippen LogP contribution in [0, 0.1) is 0 Å². The van der Waals surface area contributed by atoms with Crippen LogP contribution >= 0.6 is 18.5 Å². The summed E-state index contributed by atoms with van der Waals surface area (Å²) >= 11 is 0. The van der Waals surface area contributed by atoms with Gasteiger partial charge in [0.25, 0.3) is 5.91 Å². The molecule has 0 aliphatic rings. The van der Waals surface area contributed by atoms with Crippen LogP contribution in [0.15, 0.2) is 78.9 Å². The molecule has 146 valence electrons. The molecule has 0 radical (unpaired) electrons. The van der Waals surface area contributed by atoms with Gasteiger partial charge < -0.3 is 24.4 Å². The fourth-order valence-corrected chi connectivity index (χ4v) is 2.58. The van der Waals surface area contributed by atoms with E-state index < -0.39 is 8.60 Å². The zero-order valence-corrected chi connectivity index (χ0v) is 17.3. The highest BCUT2D eigenvalue weighted by Crippen LogP contribution is 2.26. The fraction of sp³-hybridized carbons (Fsp3) is 0.0500. The molecular weight excluding hydrogens is 396 g/mol. The summed E-state index contributed by atoms with van der Waals surface area (Å²) in [5.41, 5.74) is 1.91. The van der Waals surface area contributed by atoms with E-state index in [1.165, 1.54) is 0 Å². The van der Waals surface area contributed by atoms with Crippen molar-refractivity contribution in [1.82, 2.24) is 0 Å². The summed E-state index contributed by atoms with van der Waals surface area (Å²) < 4.78 is 10.5. The second-order valence-electron chi connectivity index (χ2n) is 5.62. The molecule has 0 aromatic heterocycles. The molecule has 3 aromatic rings. The Bertz CT molecular complexity index is 871. The maximum Gasteiger partial charge on any atom is 0.327 e. The van der Waals surface area contributed by atoms with Crippen molar-refractivity contribution in [3.8, 4) is 11.5 Å². The van der Waals surface area contributed by atoms with Crippen LogP contribution in [0.25, 0.3) is 0 Å². The van der Waals surface area contributed by atoms with E-state index in [4.69, 9.17) is 19.0 Å². The van der Waals surface area contributed by atoms with Crippen molar-refractivity contribution in [1.29, 1.82) is 0 Å². The first-order valence-electron chi connectivity index (χ1n) is 8.14. The summed E-state index contributed by atoms with van der Waals surface area (Å²) in [6.45, 7) is 0.0931. The average molecular weight is 417 g/mol. The summed E-state index contributed by atoms with van der Waals surface area (Å²) in [5, 5.41) is 2.80. The van der Waals surface area contributed by atoms with Gasteiger partial charge >= 0.3 is 8.60 Å². The Morgan fingerprint density at radius 3 is 2.07 bits per heavy atom. The Morgan fingerprint density at radius 2 is 1.46 bits per heavy atom. The van der Waals surface area contributed by atoms with Crippen LogP contribution in [0.3, 0.4) is 0 Å². The van der Waals surface area contributed by atoms with Crippen molar-refractivity contribution < 1.29 is 23.8 Å². The molecule has 1 amide bonds. The van der Waals surface area contributed by atoms with Gasteiger partial charge in [-0.1, -0.05) is 30.3 Å². The predicted molar refractivity (Wildman–Crippen MR) is 115 cm³/mol. The lowest BCUT2D eigenvalue weighted by molar-refractivity contribution is 0.102. The summed E-state index contributed by atoms with van der Waals surface area (Å²) in [7, 11) is -2.38. The summed E-state index contributed by atoms with van der Waals surface area (Å²) in [5.74, 6) is 1.14. The maximum atomic E-state index is 12.3. The van der Waals surface area contributed by atoms with E-state index in [1.54, 1.807) is 48.5 Å². The van der Waals surface area contributed by atoms with E-state index in [-0.39, 0.29) is 22.4 Å². The number of carbonyl (C=O) groups is 1. The second kappa shape index (κ2) is 10.9. The van der Waals surface area contributed by atoms with Crippen LogP contribution in [0.4, 0.5) is 5.69 Å². The van der Waals surface area contributed by atoms with Crippen molar-refractivity contribution in [2.45, 2.75) is 6.61 Å². The first-order valence-corrected chi connectivity index (χ1v) is 9.31. The van der Waals surface area contributed by atoms with E-state index in [9.17, 15) is 4.79 Å². The van der Waals surface area contributed by atoms with Crippen LogP contribution in [0.1, 0.15) is 15.9 Å². The summed E-state index contributed by atoms with van der Waals surface area (Å²) in [6, 6.07) is 23.2. The van der Waals surface area contributed by atoms with Gasteiger partial charge in [-0.25, -0.2) is 0 Å². The molecule has 0 aliphatic heterocycles. The molecule has 0 heterocycles. The summed E-state index contributed by atoms with van der Waals surface area (Å²) in [4.78, 5) is 29.8. The molecule has 28 heavy (non-hydrogen) atoms. The molecule has 0 saturated carbocycles. The van der Waals surface area contributed by atoms with Crippen LogP contribution in [-0.2, 0) is 11.1 Å². The highest BCUT2D eigenvalue weighted by atomic mass is 31.2. The number of amides is 1. The molecule has 1 atom stereocenters. The Kier molecular flexibility index (Phi) is 8.52. The number of anilines is 1. The fourth-order valence-electron chi connectivity index (χ4n) is 2.32. The van der Waals surface area contributed by atoms with E-state index in [2.05, 4.69) is 5.32 Å². The number of hydrogen-bond acceptors (Lipinski definition) is 5.